The van der Waals surface area contributed by atoms with E-state index in [2.05, 4.69) is 0 Å². The highest BCUT2D eigenvalue weighted by atomic mass is 35.7. The molecular weight excluding hydrogens is 309 g/mol. The molecule has 0 saturated carbocycles. The second-order valence-corrected chi connectivity index (χ2v) is 6.73. The van der Waals surface area contributed by atoms with Gasteiger partial charge in [-0.15, -0.1) is 0 Å². The molecule has 0 aromatic heterocycles. The minimum atomic E-state index is -4.05. The number of halogens is 3. The van der Waals surface area contributed by atoms with Crippen molar-refractivity contribution in [2.75, 3.05) is 14.1 Å². The van der Waals surface area contributed by atoms with Crippen molar-refractivity contribution in [3.05, 3.63) is 27.7 Å². The van der Waals surface area contributed by atoms with E-state index in [9.17, 15) is 13.2 Å². The number of carbonyl (C=O) groups is 1. The van der Waals surface area contributed by atoms with Crippen molar-refractivity contribution in [3.63, 3.8) is 0 Å². The van der Waals surface area contributed by atoms with Gasteiger partial charge in [0.15, 0.2) is 0 Å². The molecule has 0 fully saturated rings. The Morgan fingerprint density at radius 3 is 2.18 bits per heavy atom. The fourth-order valence-electron chi connectivity index (χ4n) is 1.12. The molecule has 0 aliphatic rings. The normalized spacial score (nSPS) is 11.4. The third kappa shape index (κ3) is 3.25. The fraction of sp³-hybridized carbons (Fsp3) is 0.222. The SMILES string of the molecule is CN(C)C(=O)c1cc(Cl)c(Cl)c(S(=O)(=O)Cl)c1. The summed E-state index contributed by atoms with van der Waals surface area (Å²) in [6, 6.07) is 2.39. The maximum absolute atomic E-state index is 11.7. The smallest absolute Gasteiger partial charge is 0.262 e. The molecule has 1 aromatic rings. The molecule has 0 atom stereocenters. The van der Waals surface area contributed by atoms with Gasteiger partial charge < -0.3 is 4.90 Å². The summed E-state index contributed by atoms with van der Waals surface area (Å²) >= 11 is 11.5. The van der Waals surface area contributed by atoms with Gasteiger partial charge >= 0.3 is 0 Å². The van der Waals surface area contributed by atoms with Crippen LogP contribution in [0, 0.1) is 0 Å². The van der Waals surface area contributed by atoms with Crippen LogP contribution in [0.5, 0.6) is 0 Å². The summed E-state index contributed by atoms with van der Waals surface area (Å²) in [4.78, 5) is 12.6. The van der Waals surface area contributed by atoms with Crippen LogP contribution < -0.4 is 0 Å². The Kier molecular flexibility index (Phi) is 4.30. The fourth-order valence-corrected chi connectivity index (χ4v) is 2.89. The lowest BCUT2D eigenvalue weighted by molar-refractivity contribution is 0.0827. The predicted octanol–water partition coefficient (Wildman–Crippen LogP) is 2.62. The van der Waals surface area contributed by atoms with Gasteiger partial charge in [-0.05, 0) is 12.1 Å². The van der Waals surface area contributed by atoms with Gasteiger partial charge in [-0.2, -0.15) is 0 Å². The van der Waals surface area contributed by atoms with E-state index in [-0.39, 0.29) is 20.5 Å². The standard InChI is InChI=1S/C9H8Cl3NO3S/c1-13(2)9(14)5-3-6(10)8(11)7(4-5)17(12,15)16/h3-4H,1-2H3. The number of hydrogen-bond donors (Lipinski definition) is 0. The van der Waals surface area contributed by atoms with Crippen molar-refractivity contribution < 1.29 is 13.2 Å². The summed E-state index contributed by atoms with van der Waals surface area (Å²) in [6.07, 6.45) is 0. The predicted molar refractivity (Wildman–Crippen MR) is 67.5 cm³/mol. The lowest BCUT2D eigenvalue weighted by atomic mass is 10.2. The Hall–Kier alpha value is -0.490. The summed E-state index contributed by atoms with van der Waals surface area (Å²) in [6.45, 7) is 0. The van der Waals surface area contributed by atoms with E-state index in [1.807, 2.05) is 0 Å². The van der Waals surface area contributed by atoms with Crippen molar-refractivity contribution in [1.29, 1.82) is 0 Å². The molecule has 0 radical (unpaired) electrons. The van der Waals surface area contributed by atoms with E-state index < -0.39 is 15.0 Å². The Bertz CT molecular complexity index is 569. The lowest BCUT2D eigenvalue weighted by Gasteiger charge is -2.12. The van der Waals surface area contributed by atoms with E-state index in [4.69, 9.17) is 33.9 Å². The summed E-state index contributed by atoms with van der Waals surface area (Å²) in [5, 5.41) is -0.240. The number of hydrogen-bond acceptors (Lipinski definition) is 3. The topological polar surface area (TPSA) is 54.5 Å². The van der Waals surface area contributed by atoms with Gasteiger partial charge in [0.1, 0.15) is 4.90 Å². The van der Waals surface area contributed by atoms with Crippen LogP contribution in [0.3, 0.4) is 0 Å². The molecule has 1 rings (SSSR count). The first-order chi connectivity index (χ1) is 7.64. The molecule has 1 aromatic carbocycles. The van der Waals surface area contributed by atoms with Crippen LogP contribution in [0.25, 0.3) is 0 Å². The van der Waals surface area contributed by atoms with Crippen molar-refractivity contribution in [2.24, 2.45) is 0 Å². The van der Waals surface area contributed by atoms with Gasteiger partial charge in [-0.25, -0.2) is 8.42 Å². The van der Waals surface area contributed by atoms with Gasteiger partial charge in [0.2, 0.25) is 0 Å². The molecule has 0 heterocycles. The first-order valence-corrected chi connectivity index (χ1v) is 7.36. The summed E-state index contributed by atoms with van der Waals surface area (Å²) in [5.41, 5.74) is 0.101. The van der Waals surface area contributed by atoms with E-state index in [0.29, 0.717) is 0 Å². The van der Waals surface area contributed by atoms with Crippen LogP contribution in [-0.4, -0.2) is 33.3 Å². The first-order valence-electron chi connectivity index (χ1n) is 4.30. The number of amides is 1. The molecule has 17 heavy (non-hydrogen) atoms. The van der Waals surface area contributed by atoms with Gasteiger partial charge in [0, 0.05) is 30.3 Å². The summed E-state index contributed by atoms with van der Waals surface area (Å²) < 4.78 is 22.5. The maximum Gasteiger partial charge on any atom is 0.262 e. The van der Waals surface area contributed by atoms with Gasteiger partial charge in [0.05, 0.1) is 10.0 Å². The molecule has 0 aliphatic carbocycles. The highest BCUT2D eigenvalue weighted by Gasteiger charge is 2.21. The van der Waals surface area contributed by atoms with Gasteiger partial charge in [-0.3, -0.25) is 4.79 Å². The van der Waals surface area contributed by atoms with Gasteiger partial charge in [-0.1, -0.05) is 23.2 Å². The van der Waals surface area contributed by atoms with Crippen LogP contribution >= 0.6 is 33.9 Å². The number of carbonyl (C=O) groups excluding carboxylic acids is 1. The largest absolute Gasteiger partial charge is 0.345 e. The second-order valence-electron chi connectivity index (χ2n) is 3.41. The zero-order valence-electron chi connectivity index (χ0n) is 8.87. The third-order valence-corrected chi connectivity index (χ3v) is 4.17. The molecule has 0 aliphatic heterocycles. The number of benzene rings is 1. The van der Waals surface area contributed by atoms with Crippen LogP contribution in [0.4, 0.5) is 0 Å². The zero-order valence-corrected chi connectivity index (χ0v) is 12.0. The number of nitrogens with zero attached hydrogens (tertiary/aromatic N) is 1. The van der Waals surface area contributed by atoms with Crippen molar-refractivity contribution in [1.82, 2.24) is 4.90 Å². The molecule has 0 unspecified atom stereocenters. The zero-order chi connectivity index (χ0) is 13.4. The molecular formula is C9H8Cl3NO3S. The van der Waals surface area contributed by atoms with Crippen molar-refractivity contribution >= 4 is 48.8 Å². The quantitative estimate of drug-likeness (QED) is 0.788. The molecule has 0 bridgehead atoms. The average molecular weight is 317 g/mol. The minimum absolute atomic E-state index is 0.0430. The van der Waals surface area contributed by atoms with E-state index >= 15 is 0 Å². The van der Waals surface area contributed by atoms with Gasteiger partial charge in [0.25, 0.3) is 15.0 Å². The molecule has 1 amide bonds. The first kappa shape index (κ1) is 14.6. The highest BCUT2D eigenvalue weighted by molar-refractivity contribution is 8.13. The second kappa shape index (κ2) is 5.02. The summed E-state index contributed by atoms with van der Waals surface area (Å²) in [7, 11) is 4.20. The minimum Gasteiger partial charge on any atom is -0.345 e. The van der Waals surface area contributed by atoms with E-state index in [1.54, 1.807) is 0 Å². The molecule has 0 spiro atoms. The van der Waals surface area contributed by atoms with Crippen molar-refractivity contribution in [2.45, 2.75) is 4.90 Å². The Balaban J connectivity index is 3.50. The molecule has 94 valence electrons. The van der Waals surface area contributed by atoms with Crippen LogP contribution in [-0.2, 0) is 9.05 Å². The average Bonchev–Trinajstić information content (AvgIpc) is 2.18. The lowest BCUT2D eigenvalue weighted by Crippen LogP contribution is -2.21. The number of rotatable bonds is 2. The third-order valence-electron chi connectivity index (χ3n) is 1.91. The Morgan fingerprint density at radius 1 is 1.24 bits per heavy atom. The van der Waals surface area contributed by atoms with Crippen molar-refractivity contribution in [3.8, 4) is 0 Å². The molecule has 0 N–H and O–H groups in total. The Morgan fingerprint density at radius 2 is 1.76 bits per heavy atom. The van der Waals surface area contributed by atoms with Crippen LogP contribution in [0.15, 0.2) is 17.0 Å². The van der Waals surface area contributed by atoms with E-state index in [0.717, 1.165) is 6.07 Å². The molecule has 0 saturated heterocycles. The van der Waals surface area contributed by atoms with E-state index in [1.165, 1.54) is 25.1 Å². The maximum atomic E-state index is 11.7. The summed E-state index contributed by atoms with van der Waals surface area (Å²) in [5.74, 6) is -0.398. The van der Waals surface area contributed by atoms with Crippen LogP contribution in [0.1, 0.15) is 10.4 Å². The monoisotopic (exact) mass is 315 g/mol. The highest BCUT2D eigenvalue weighted by Crippen LogP contribution is 2.32. The Labute approximate surface area is 113 Å². The molecule has 8 heteroatoms. The molecule has 4 nitrogen and oxygen atoms in total. The van der Waals surface area contributed by atoms with Crippen LogP contribution in [0.2, 0.25) is 10.0 Å².